The maximum atomic E-state index is 10.8. The van der Waals surface area contributed by atoms with Crippen molar-refractivity contribution in [3.63, 3.8) is 0 Å². The van der Waals surface area contributed by atoms with Crippen molar-refractivity contribution in [1.82, 2.24) is 0 Å². The summed E-state index contributed by atoms with van der Waals surface area (Å²) in [5.41, 5.74) is 1.78. The SMILES string of the molecule is CO[C@@H](Cc1ccc(C#CCCCO)cc1)C(=O)O. The van der Waals surface area contributed by atoms with Crippen LogP contribution in [0.25, 0.3) is 0 Å². The van der Waals surface area contributed by atoms with Gasteiger partial charge < -0.3 is 14.9 Å². The molecule has 0 spiro atoms. The minimum atomic E-state index is -0.963. The summed E-state index contributed by atoms with van der Waals surface area (Å²) >= 11 is 0. The predicted molar refractivity (Wildman–Crippen MR) is 71.8 cm³/mol. The molecule has 0 saturated carbocycles. The van der Waals surface area contributed by atoms with Crippen molar-refractivity contribution < 1.29 is 19.7 Å². The van der Waals surface area contributed by atoms with Gasteiger partial charge in [-0.2, -0.15) is 0 Å². The summed E-state index contributed by atoms with van der Waals surface area (Å²) in [6.45, 7) is 0.154. The summed E-state index contributed by atoms with van der Waals surface area (Å²) in [5, 5.41) is 17.5. The van der Waals surface area contributed by atoms with Crippen molar-refractivity contribution in [3.8, 4) is 11.8 Å². The Balaban J connectivity index is 2.60. The molecule has 0 fully saturated rings. The molecule has 4 heteroatoms. The summed E-state index contributed by atoms with van der Waals surface area (Å²) in [7, 11) is 1.39. The first-order valence-corrected chi connectivity index (χ1v) is 6.11. The maximum absolute atomic E-state index is 10.8. The highest BCUT2D eigenvalue weighted by atomic mass is 16.5. The number of carboxylic acids is 1. The maximum Gasteiger partial charge on any atom is 0.333 e. The number of aliphatic hydroxyl groups is 1. The van der Waals surface area contributed by atoms with Gasteiger partial charge in [0, 0.05) is 32.1 Å². The second kappa shape index (κ2) is 8.30. The zero-order valence-corrected chi connectivity index (χ0v) is 10.9. The Morgan fingerprint density at radius 1 is 1.37 bits per heavy atom. The Hall–Kier alpha value is -1.83. The van der Waals surface area contributed by atoms with E-state index in [2.05, 4.69) is 11.8 Å². The molecule has 0 saturated heterocycles. The molecule has 1 aromatic rings. The zero-order valence-electron chi connectivity index (χ0n) is 10.9. The highest BCUT2D eigenvalue weighted by Crippen LogP contribution is 2.08. The fourth-order valence-corrected chi connectivity index (χ4v) is 1.54. The van der Waals surface area contributed by atoms with E-state index in [1.54, 1.807) is 0 Å². The van der Waals surface area contributed by atoms with Crippen LogP contribution in [0.3, 0.4) is 0 Å². The lowest BCUT2D eigenvalue weighted by atomic mass is 10.1. The first-order valence-electron chi connectivity index (χ1n) is 6.11. The number of unbranched alkanes of at least 4 members (excludes halogenated alkanes) is 1. The van der Waals surface area contributed by atoms with E-state index in [1.807, 2.05) is 24.3 Å². The Morgan fingerprint density at radius 2 is 2.05 bits per heavy atom. The van der Waals surface area contributed by atoms with Gasteiger partial charge in [-0.3, -0.25) is 0 Å². The van der Waals surface area contributed by atoms with E-state index in [0.717, 1.165) is 11.1 Å². The van der Waals surface area contributed by atoms with Gasteiger partial charge >= 0.3 is 5.97 Å². The van der Waals surface area contributed by atoms with Crippen LogP contribution in [0.15, 0.2) is 24.3 Å². The fraction of sp³-hybridized carbons (Fsp3) is 0.400. The number of benzene rings is 1. The molecule has 102 valence electrons. The largest absolute Gasteiger partial charge is 0.479 e. The minimum Gasteiger partial charge on any atom is -0.479 e. The fourth-order valence-electron chi connectivity index (χ4n) is 1.54. The average molecular weight is 262 g/mol. The van der Waals surface area contributed by atoms with Crippen molar-refractivity contribution in [1.29, 1.82) is 0 Å². The van der Waals surface area contributed by atoms with Gasteiger partial charge in [0.1, 0.15) is 0 Å². The number of carbonyl (C=O) groups is 1. The highest BCUT2D eigenvalue weighted by molar-refractivity contribution is 5.72. The minimum absolute atomic E-state index is 0.154. The van der Waals surface area contributed by atoms with Crippen LogP contribution in [0, 0.1) is 11.8 Å². The predicted octanol–water partition coefficient (Wildman–Crippen LogP) is 1.45. The normalized spacial score (nSPS) is 11.5. The molecule has 4 nitrogen and oxygen atoms in total. The quantitative estimate of drug-likeness (QED) is 0.601. The Kier molecular flexibility index (Phi) is 6.65. The molecule has 0 amide bonds. The summed E-state index contributed by atoms with van der Waals surface area (Å²) in [6.07, 6.45) is 0.869. The molecule has 0 aliphatic rings. The van der Waals surface area contributed by atoms with Crippen LogP contribution in [0.2, 0.25) is 0 Å². The lowest BCUT2D eigenvalue weighted by molar-refractivity contribution is -0.148. The van der Waals surface area contributed by atoms with Crippen molar-refractivity contribution >= 4 is 5.97 Å². The molecular formula is C15H18O4. The second-order valence-electron chi connectivity index (χ2n) is 4.09. The molecule has 19 heavy (non-hydrogen) atoms. The summed E-state index contributed by atoms with van der Waals surface area (Å²) in [6, 6.07) is 7.42. The first-order chi connectivity index (χ1) is 9.17. The first kappa shape index (κ1) is 15.2. The van der Waals surface area contributed by atoms with Gasteiger partial charge in [0.25, 0.3) is 0 Å². The standard InChI is InChI=1S/C15H18O4/c1-19-14(15(17)18)11-13-8-6-12(7-9-13)5-3-2-4-10-16/h6-9,14,16H,2,4,10-11H2,1H3,(H,17,18)/t14-/m0/s1. The lowest BCUT2D eigenvalue weighted by Crippen LogP contribution is -2.24. The second-order valence-corrected chi connectivity index (χ2v) is 4.09. The number of methoxy groups -OCH3 is 1. The molecule has 0 unspecified atom stereocenters. The molecule has 1 rings (SSSR count). The van der Waals surface area contributed by atoms with Crippen LogP contribution in [0.1, 0.15) is 24.0 Å². The third-order valence-corrected chi connectivity index (χ3v) is 2.63. The van der Waals surface area contributed by atoms with Crippen LogP contribution in [0.5, 0.6) is 0 Å². The molecule has 1 aromatic carbocycles. The molecule has 0 aromatic heterocycles. The smallest absolute Gasteiger partial charge is 0.333 e. The van der Waals surface area contributed by atoms with E-state index in [4.69, 9.17) is 14.9 Å². The number of hydrogen-bond acceptors (Lipinski definition) is 3. The van der Waals surface area contributed by atoms with Gasteiger partial charge in [0.15, 0.2) is 6.10 Å². The van der Waals surface area contributed by atoms with Crippen LogP contribution in [0.4, 0.5) is 0 Å². The number of aliphatic hydroxyl groups excluding tert-OH is 1. The highest BCUT2D eigenvalue weighted by Gasteiger charge is 2.16. The Labute approximate surface area is 113 Å². The third-order valence-electron chi connectivity index (χ3n) is 2.63. The van der Waals surface area contributed by atoms with Crippen molar-refractivity contribution in [2.24, 2.45) is 0 Å². The molecule has 0 aliphatic carbocycles. The van der Waals surface area contributed by atoms with Crippen molar-refractivity contribution in [2.75, 3.05) is 13.7 Å². The number of rotatable bonds is 6. The van der Waals surface area contributed by atoms with Crippen molar-refractivity contribution in [2.45, 2.75) is 25.4 Å². The van der Waals surface area contributed by atoms with Crippen LogP contribution < -0.4 is 0 Å². The number of hydrogen-bond donors (Lipinski definition) is 2. The zero-order chi connectivity index (χ0) is 14.1. The van der Waals surface area contributed by atoms with E-state index >= 15 is 0 Å². The van der Waals surface area contributed by atoms with Crippen LogP contribution >= 0.6 is 0 Å². The van der Waals surface area contributed by atoms with Crippen LogP contribution in [-0.2, 0) is 16.0 Å². The molecule has 0 aliphatic heterocycles. The third kappa shape index (κ3) is 5.56. The molecule has 1 atom stereocenters. The molecule has 2 N–H and O–H groups in total. The Bertz CT molecular complexity index is 453. The average Bonchev–Trinajstić information content (AvgIpc) is 2.42. The van der Waals surface area contributed by atoms with E-state index in [0.29, 0.717) is 19.3 Å². The van der Waals surface area contributed by atoms with Crippen LogP contribution in [-0.4, -0.2) is 36.0 Å². The number of ether oxygens (including phenoxy) is 1. The lowest BCUT2D eigenvalue weighted by Gasteiger charge is -2.09. The molecule has 0 radical (unpaired) electrons. The molecular weight excluding hydrogens is 244 g/mol. The number of carboxylic acid groups (broad SMARTS) is 1. The van der Waals surface area contributed by atoms with Gasteiger partial charge in [-0.15, -0.1) is 0 Å². The van der Waals surface area contributed by atoms with E-state index in [9.17, 15) is 4.79 Å². The van der Waals surface area contributed by atoms with E-state index < -0.39 is 12.1 Å². The number of aliphatic carboxylic acids is 1. The summed E-state index contributed by atoms with van der Waals surface area (Å²) < 4.78 is 4.89. The van der Waals surface area contributed by atoms with Gasteiger partial charge in [-0.1, -0.05) is 24.0 Å². The van der Waals surface area contributed by atoms with Gasteiger partial charge in [-0.25, -0.2) is 4.79 Å². The summed E-state index contributed by atoms with van der Waals surface area (Å²) in [4.78, 5) is 10.8. The monoisotopic (exact) mass is 262 g/mol. The summed E-state index contributed by atoms with van der Waals surface area (Å²) in [5.74, 6) is 4.99. The Morgan fingerprint density at radius 3 is 2.58 bits per heavy atom. The van der Waals surface area contributed by atoms with E-state index in [-0.39, 0.29) is 6.61 Å². The van der Waals surface area contributed by atoms with E-state index in [1.165, 1.54) is 7.11 Å². The van der Waals surface area contributed by atoms with Crippen molar-refractivity contribution in [3.05, 3.63) is 35.4 Å². The topological polar surface area (TPSA) is 66.8 Å². The van der Waals surface area contributed by atoms with Gasteiger partial charge in [-0.05, 0) is 24.1 Å². The van der Waals surface area contributed by atoms with Gasteiger partial charge in [0.2, 0.25) is 0 Å². The molecule has 0 heterocycles. The van der Waals surface area contributed by atoms with Gasteiger partial charge in [0.05, 0.1) is 0 Å². The molecule has 0 bridgehead atoms.